The van der Waals surface area contributed by atoms with Gasteiger partial charge in [0, 0.05) is 23.9 Å². The van der Waals surface area contributed by atoms with Crippen LogP contribution in [-0.4, -0.2) is 40.2 Å². The maximum atomic E-state index is 12.3. The highest BCUT2D eigenvalue weighted by Crippen LogP contribution is 2.23. The molecule has 2 aromatic carbocycles. The number of hydroxylamine groups is 1. The highest BCUT2D eigenvalue weighted by molar-refractivity contribution is 7.92. The molecule has 1 heterocycles. The van der Waals surface area contributed by atoms with Gasteiger partial charge < -0.3 is 9.52 Å². The van der Waals surface area contributed by atoms with E-state index in [-0.39, 0.29) is 25.2 Å². The number of aliphatic hydroxyl groups is 1. The summed E-state index contributed by atoms with van der Waals surface area (Å²) in [5.74, 6) is 4.18. The summed E-state index contributed by atoms with van der Waals surface area (Å²) in [6, 6.07) is 12.0. The average Bonchev–Trinajstić information content (AvgIpc) is 3.09. The van der Waals surface area contributed by atoms with Crippen LogP contribution >= 0.6 is 0 Å². The fraction of sp³-hybridized carbons (Fsp3) is 0.273. The molecule has 32 heavy (non-hydrogen) atoms. The van der Waals surface area contributed by atoms with Crippen molar-refractivity contribution in [3.8, 4) is 11.8 Å². The first kappa shape index (κ1) is 23.3. The highest BCUT2D eigenvalue weighted by atomic mass is 32.2. The van der Waals surface area contributed by atoms with Gasteiger partial charge >= 0.3 is 5.76 Å². The molecule has 10 heteroatoms. The van der Waals surface area contributed by atoms with E-state index in [9.17, 15) is 18.0 Å². The topological polar surface area (TPSA) is 139 Å². The standard InChI is InChI=1S/C22H22N2O7S/c1-22(20(26)23-28,32(2,29)30)11-12-24-18-10-9-16(13-19(18)31-21(24)27)6-3-15-4-7-17(14-25)8-5-15/h4-5,7-10,13,25,28H,11-12,14H2,1-2H3,(H,23,26)/t22-/m1/s1. The van der Waals surface area contributed by atoms with E-state index in [1.165, 1.54) is 17.0 Å². The van der Waals surface area contributed by atoms with Crippen LogP contribution in [0.25, 0.3) is 11.1 Å². The summed E-state index contributed by atoms with van der Waals surface area (Å²) in [5.41, 5.74) is 4.21. The predicted molar refractivity (Wildman–Crippen MR) is 117 cm³/mol. The second-order valence-electron chi connectivity index (χ2n) is 7.50. The third-order valence-electron chi connectivity index (χ3n) is 5.37. The lowest BCUT2D eigenvalue weighted by Gasteiger charge is -2.24. The van der Waals surface area contributed by atoms with Crippen LogP contribution in [0, 0.1) is 11.8 Å². The third-order valence-corrected chi connectivity index (χ3v) is 7.39. The van der Waals surface area contributed by atoms with Crippen molar-refractivity contribution in [3.63, 3.8) is 0 Å². The summed E-state index contributed by atoms with van der Waals surface area (Å²) in [6.45, 7) is 1.02. The van der Waals surface area contributed by atoms with Crippen molar-refractivity contribution in [3.05, 3.63) is 69.7 Å². The molecule has 0 fully saturated rings. The quantitative estimate of drug-likeness (QED) is 0.286. The molecular weight excluding hydrogens is 436 g/mol. The van der Waals surface area contributed by atoms with Gasteiger partial charge in [0.15, 0.2) is 20.2 Å². The Labute approximate surface area is 184 Å². The Balaban J connectivity index is 1.88. The lowest BCUT2D eigenvalue weighted by atomic mass is 10.1. The summed E-state index contributed by atoms with van der Waals surface area (Å²) < 4.78 is 28.8. The number of hydrogen-bond donors (Lipinski definition) is 3. The van der Waals surface area contributed by atoms with Gasteiger partial charge in [-0.15, -0.1) is 0 Å². The van der Waals surface area contributed by atoms with E-state index in [1.54, 1.807) is 42.5 Å². The molecule has 168 valence electrons. The van der Waals surface area contributed by atoms with Crippen LogP contribution in [-0.2, 0) is 27.8 Å². The Kier molecular flexibility index (Phi) is 6.55. The van der Waals surface area contributed by atoms with Crippen LogP contribution in [0.5, 0.6) is 0 Å². The molecule has 1 amide bonds. The van der Waals surface area contributed by atoms with Gasteiger partial charge in [0.1, 0.15) is 0 Å². The average molecular weight is 458 g/mol. The van der Waals surface area contributed by atoms with Crippen LogP contribution in [0.15, 0.2) is 51.7 Å². The summed E-state index contributed by atoms with van der Waals surface area (Å²) in [5, 5.41) is 18.0. The highest BCUT2D eigenvalue weighted by Gasteiger charge is 2.43. The van der Waals surface area contributed by atoms with Gasteiger partial charge in [0.2, 0.25) is 0 Å². The number of carbonyl (C=O) groups excluding carboxylic acids is 1. The molecule has 0 aliphatic rings. The number of aryl methyl sites for hydroxylation is 1. The number of hydrogen-bond acceptors (Lipinski definition) is 7. The van der Waals surface area contributed by atoms with E-state index in [0.717, 1.165) is 17.4 Å². The summed E-state index contributed by atoms with van der Waals surface area (Å²) in [7, 11) is -3.89. The van der Waals surface area contributed by atoms with Crippen LogP contribution in [0.3, 0.4) is 0 Å². The third kappa shape index (κ3) is 4.60. The van der Waals surface area contributed by atoms with E-state index in [2.05, 4.69) is 11.8 Å². The Hall–Kier alpha value is -3.39. The molecule has 0 saturated carbocycles. The van der Waals surface area contributed by atoms with Crippen molar-refractivity contribution in [1.82, 2.24) is 10.0 Å². The normalized spacial score (nSPS) is 13.2. The summed E-state index contributed by atoms with van der Waals surface area (Å²) in [4.78, 5) is 24.3. The van der Waals surface area contributed by atoms with Crippen molar-refractivity contribution < 1.29 is 27.9 Å². The van der Waals surface area contributed by atoms with Crippen molar-refractivity contribution in [1.29, 1.82) is 0 Å². The molecule has 3 rings (SSSR count). The van der Waals surface area contributed by atoms with Crippen LogP contribution in [0.1, 0.15) is 30.0 Å². The minimum atomic E-state index is -3.89. The molecule has 0 aliphatic heterocycles. The molecular formula is C22H22N2O7S. The lowest BCUT2D eigenvalue weighted by Crippen LogP contribution is -2.49. The number of oxazole rings is 1. The number of aliphatic hydroxyl groups excluding tert-OH is 1. The molecule has 1 aromatic heterocycles. The van der Waals surface area contributed by atoms with E-state index < -0.39 is 26.2 Å². The smallest absolute Gasteiger partial charge is 0.408 e. The van der Waals surface area contributed by atoms with E-state index in [1.807, 2.05) is 0 Å². The van der Waals surface area contributed by atoms with Gasteiger partial charge in [-0.1, -0.05) is 24.0 Å². The number of rotatable bonds is 6. The molecule has 0 aliphatic carbocycles. The Morgan fingerprint density at radius 1 is 1.16 bits per heavy atom. The number of amides is 1. The number of benzene rings is 2. The first-order valence-electron chi connectivity index (χ1n) is 9.58. The number of nitrogens with zero attached hydrogens (tertiary/aromatic N) is 1. The summed E-state index contributed by atoms with van der Waals surface area (Å²) in [6.07, 6.45) is 0.638. The number of nitrogens with one attached hydrogen (secondary N) is 1. The van der Waals surface area contributed by atoms with Crippen molar-refractivity contribution in [2.75, 3.05) is 6.26 Å². The molecule has 1 atom stereocenters. The number of aromatic nitrogens is 1. The first-order valence-corrected chi connectivity index (χ1v) is 11.5. The number of carbonyl (C=O) groups is 1. The van der Waals surface area contributed by atoms with Crippen molar-refractivity contribution in [2.45, 2.75) is 31.2 Å². The SMILES string of the molecule is C[C@@](CCn1c(=O)oc2cc(C#Cc3ccc(CO)cc3)ccc21)(C(=O)NO)S(C)(=O)=O. The Morgan fingerprint density at radius 3 is 2.38 bits per heavy atom. The molecule has 3 N–H and O–H groups in total. The van der Waals surface area contributed by atoms with Gasteiger partial charge in [-0.25, -0.2) is 18.7 Å². The van der Waals surface area contributed by atoms with E-state index >= 15 is 0 Å². The van der Waals surface area contributed by atoms with Crippen molar-refractivity contribution in [2.24, 2.45) is 0 Å². The van der Waals surface area contributed by atoms with Crippen molar-refractivity contribution >= 4 is 26.8 Å². The van der Waals surface area contributed by atoms with Crippen LogP contribution in [0.2, 0.25) is 0 Å². The second kappa shape index (κ2) is 9.00. The molecule has 0 spiro atoms. The van der Waals surface area contributed by atoms with Gasteiger partial charge in [-0.05, 0) is 49.2 Å². The molecule has 0 unspecified atom stereocenters. The monoisotopic (exact) mass is 458 g/mol. The maximum absolute atomic E-state index is 12.3. The Morgan fingerprint density at radius 2 is 1.78 bits per heavy atom. The minimum Gasteiger partial charge on any atom is -0.408 e. The fourth-order valence-electron chi connectivity index (χ4n) is 3.10. The predicted octanol–water partition coefficient (Wildman–Crippen LogP) is 1.19. The van der Waals surface area contributed by atoms with Gasteiger partial charge in [0.25, 0.3) is 5.91 Å². The van der Waals surface area contributed by atoms with Gasteiger partial charge in [-0.2, -0.15) is 0 Å². The fourth-order valence-corrected chi connectivity index (χ4v) is 3.95. The zero-order valence-electron chi connectivity index (χ0n) is 17.5. The zero-order valence-corrected chi connectivity index (χ0v) is 18.3. The van der Waals surface area contributed by atoms with E-state index in [0.29, 0.717) is 11.1 Å². The maximum Gasteiger partial charge on any atom is 0.419 e. The first-order chi connectivity index (χ1) is 15.1. The molecule has 3 aromatic rings. The van der Waals surface area contributed by atoms with E-state index in [4.69, 9.17) is 14.7 Å². The number of sulfone groups is 1. The van der Waals surface area contributed by atoms with Gasteiger partial charge in [0.05, 0.1) is 12.1 Å². The van der Waals surface area contributed by atoms with Crippen LogP contribution in [0.4, 0.5) is 0 Å². The zero-order chi connectivity index (χ0) is 23.5. The second-order valence-corrected chi connectivity index (χ2v) is 9.95. The molecule has 0 saturated heterocycles. The van der Waals surface area contributed by atoms with Crippen LogP contribution < -0.4 is 11.2 Å². The summed E-state index contributed by atoms with van der Waals surface area (Å²) >= 11 is 0. The van der Waals surface area contributed by atoms with Gasteiger partial charge in [-0.3, -0.25) is 14.6 Å². The molecule has 0 radical (unpaired) electrons. The molecule has 9 nitrogen and oxygen atoms in total. The lowest BCUT2D eigenvalue weighted by molar-refractivity contribution is -0.131. The molecule has 0 bridgehead atoms. The Bertz CT molecular complexity index is 1380. The minimum absolute atomic E-state index is 0.0472. The largest absolute Gasteiger partial charge is 0.419 e. The number of fused-ring (bicyclic) bond motifs is 1.